The van der Waals surface area contributed by atoms with Gasteiger partial charge in [-0.25, -0.2) is 8.42 Å². The normalized spacial score (nSPS) is 11.1. The van der Waals surface area contributed by atoms with Crippen molar-refractivity contribution in [3.8, 4) is 0 Å². The summed E-state index contributed by atoms with van der Waals surface area (Å²) in [4.78, 5) is 17.5. The van der Waals surface area contributed by atoms with Crippen LogP contribution >= 0.6 is 0 Å². The van der Waals surface area contributed by atoms with E-state index in [4.69, 9.17) is 0 Å². The van der Waals surface area contributed by atoms with Gasteiger partial charge >= 0.3 is 0 Å². The van der Waals surface area contributed by atoms with Crippen molar-refractivity contribution in [1.82, 2.24) is 9.88 Å². The van der Waals surface area contributed by atoms with Gasteiger partial charge in [-0.3, -0.25) is 9.78 Å². The molecule has 0 N–H and O–H groups in total. The first-order chi connectivity index (χ1) is 9.48. The largest absolute Gasteiger partial charge is 0.342 e. The average molecular weight is 296 g/mol. The van der Waals surface area contributed by atoms with E-state index in [2.05, 4.69) is 11.6 Å². The standard InChI is InChI=1S/C14H20N2O3S/c1-3-11-20(18,19)12-14(17)16(4-2)10-7-13-5-8-15-9-6-13/h3,5-6,8-9H,1,4,7,10-12H2,2H3. The molecule has 0 bridgehead atoms. The number of rotatable bonds is 8. The molecule has 0 spiro atoms. The Kier molecular flexibility index (Phi) is 6.38. The molecule has 5 nitrogen and oxygen atoms in total. The zero-order valence-electron chi connectivity index (χ0n) is 11.7. The first kappa shape index (κ1) is 16.4. The van der Waals surface area contributed by atoms with E-state index in [1.165, 1.54) is 6.08 Å². The second kappa shape index (κ2) is 7.79. The molecule has 110 valence electrons. The summed E-state index contributed by atoms with van der Waals surface area (Å²) >= 11 is 0. The number of aromatic nitrogens is 1. The molecule has 6 heteroatoms. The van der Waals surface area contributed by atoms with Crippen LogP contribution in [0, 0.1) is 0 Å². The van der Waals surface area contributed by atoms with Crippen molar-refractivity contribution in [2.24, 2.45) is 0 Å². The van der Waals surface area contributed by atoms with Crippen LogP contribution in [0.3, 0.4) is 0 Å². The number of hydrogen-bond donors (Lipinski definition) is 0. The molecule has 1 heterocycles. The lowest BCUT2D eigenvalue weighted by molar-refractivity contribution is -0.128. The molecule has 0 saturated carbocycles. The number of carbonyl (C=O) groups excluding carboxylic acids is 1. The van der Waals surface area contributed by atoms with Crippen LogP contribution in [0.25, 0.3) is 0 Å². The molecule has 0 unspecified atom stereocenters. The lowest BCUT2D eigenvalue weighted by Crippen LogP contribution is -2.37. The van der Waals surface area contributed by atoms with Crippen molar-refractivity contribution in [1.29, 1.82) is 0 Å². The van der Waals surface area contributed by atoms with E-state index in [9.17, 15) is 13.2 Å². The number of likely N-dealkylation sites (N-methyl/N-ethyl adjacent to an activating group) is 1. The van der Waals surface area contributed by atoms with Crippen molar-refractivity contribution < 1.29 is 13.2 Å². The fourth-order valence-electron chi connectivity index (χ4n) is 1.79. The summed E-state index contributed by atoms with van der Waals surface area (Å²) < 4.78 is 23.2. The van der Waals surface area contributed by atoms with E-state index in [0.29, 0.717) is 19.5 Å². The molecule has 0 aliphatic rings. The lowest BCUT2D eigenvalue weighted by Gasteiger charge is -2.20. The lowest BCUT2D eigenvalue weighted by atomic mass is 10.2. The van der Waals surface area contributed by atoms with Crippen molar-refractivity contribution >= 4 is 15.7 Å². The quantitative estimate of drug-likeness (QED) is 0.673. The summed E-state index contributed by atoms with van der Waals surface area (Å²) in [7, 11) is -3.39. The molecule has 0 saturated heterocycles. The van der Waals surface area contributed by atoms with Gasteiger partial charge in [-0.05, 0) is 31.0 Å². The Morgan fingerprint density at radius 3 is 2.60 bits per heavy atom. The van der Waals surface area contributed by atoms with Crippen LogP contribution in [-0.2, 0) is 21.1 Å². The molecular formula is C14H20N2O3S. The molecule has 0 aliphatic carbocycles. The van der Waals surface area contributed by atoms with Crippen LogP contribution in [0.1, 0.15) is 12.5 Å². The van der Waals surface area contributed by atoms with Gasteiger partial charge in [-0.15, -0.1) is 6.58 Å². The van der Waals surface area contributed by atoms with Gasteiger partial charge in [0.25, 0.3) is 0 Å². The van der Waals surface area contributed by atoms with Gasteiger partial charge in [-0.1, -0.05) is 6.08 Å². The maximum Gasteiger partial charge on any atom is 0.237 e. The third-order valence-electron chi connectivity index (χ3n) is 2.87. The minimum absolute atomic E-state index is 0.166. The zero-order valence-corrected chi connectivity index (χ0v) is 12.5. The summed E-state index contributed by atoms with van der Waals surface area (Å²) in [5.74, 6) is -0.979. The SMILES string of the molecule is C=CCS(=O)(=O)CC(=O)N(CC)CCc1ccncc1. The van der Waals surface area contributed by atoms with Crippen molar-refractivity contribution in [3.05, 3.63) is 42.7 Å². The molecule has 1 aromatic rings. The van der Waals surface area contributed by atoms with Crippen LogP contribution in [0.5, 0.6) is 0 Å². The van der Waals surface area contributed by atoms with Crippen molar-refractivity contribution in [2.45, 2.75) is 13.3 Å². The highest BCUT2D eigenvalue weighted by Gasteiger charge is 2.19. The molecule has 0 fully saturated rings. The molecular weight excluding hydrogens is 276 g/mol. The molecule has 1 amide bonds. The summed E-state index contributed by atoms with van der Waals surface area (Å²) in [5.41, 5.74) is 1.07. The van der Waals surface area contributed by atoms with Crippen molar-refractivity contribution in [2.75, 3.05) is 24.6 Å². The third kappa shape index (κ3) is 5.52. The zero-order chi connectivity index (χ0) is 15.0. The van der Waals surface area contributed by atoms with Gasteiger partial charge < -0.3 is 4.90 Å². The van der Waals surface area contributed by atoms with Gasteiger partial charge in [0.05, 0.1) is 5.75 Å². The van der Waals surface area contributed by atoms with Crippen LogP contribution < -0.4 is 0 Å². The van der Waals surface area contributed by atoms with E-state index >= 15 is 0 Å². The number of sulfone groups is 1. The first-order valence-electron chi connectivity index (χ1n) is 6.46. The van der Waals surface area contributed by atoms with E-state index in [1.54, 1.807) is 17.3 Å². The second-order valence-electron chi connectivity index (χ2n) is 4.42. The summed E-state index contributed by atoms with van der Waals surface area (Å²) in [6, 6.07) is 3.76. The summed E-state index contributed by atoms with van der Waals surface area (Å²) in [6.07, 6.45) is 5.38. The summed E-state index contributed by atoms with van der Waals surface area (Å²) in [6.45, 7) is 6.22. The maximum absolute atomic E-state index is 12.0. The van der Waals surface area contributed by atoms with Crippen LogP contribution in [0.4, 0.5) is 0 Å². The smallest absolute Gasteiger partial charge is 0.237 e. The molecule has 0 radical (unpaired) electrons. The van der Waals surface area contributed by atoms with E-state index in [1.807, 2.05) is 19.1 Å². The number of nitrogens with zero attached hydrogens (tertiary/aromatic N) is 2. The predicted octanol–water partition coefficient (Wildman–Crippen LogP) is 1.07. The predicted molar refractivity (Wildman–Crippen MR) is 79.0 cm³/mol. The number of carbonyl (C=O) groups is 1. The van der Waals surface area contributed by atoms with Gasteiger partial charge in [0.1, 0.15) is 5.75 Å². The highest BCUT2D eigenvalue weighted by Crippen LogP contribution is 2.02. The summed E-state index contributed by atoms with van der Waals surface area (Å²) in [5, 5.41) is 0. The molecule has 1 rings (SSSR count). The van der Waals surface area contributed by atoms with Gasteiger partial charge in [-0.2, -0.15) is 0 Å². The highest BCUT2D eigenvalue weighted by atomic mass is 32.2. The topological polar surface area (TPSA) is 67.3 Å². The maximum atomic E-state index is 12.0. The Morgan fingerprint density at radius 1 is 1.40 bits per heavy atom. The minimum atomic E-state index is -3.39. The number of hydrogen-bond acceptors (Lipinski definition) is 4. The Hall–Kier alpha value is -1.69. The Balaban J connectivity index is 2.57. The second-order valence-corrected chi connectivity index (χ2v) is 6.53. The molecule has 0 atom stereocenters. The van der Waals surface area contributed by atoms with E-state index in [0.717, 1.165) is 5.56 Å². The fraction of sp³-hybridized carbons (Fsp3) is 0.429. The Morgan fingerprint density at radius 2 is 2.05 bits per heavy atom. The Bertz CT molecular complexity index is 541. The fourth-order valence-corrected chi connectivity index (χ4v) is 2.83. The molecule has 0 aromatic carbocycles. The van der Waals surface area contributed by atoms with E-state index in [-0.39, 0.29) is 11.7 Å². The van der Waals surface area contributed by atoms with Gasteiger partial charge in [0, 0.05) is 25.5 Å². The van der Waals surface area contributed by atoms with Crippen LogP contribution in [0.2, 0.25) is 0 Å². The van der Waals surface area contributed by atoms with Gasteiger partial charge in [0.15, 0.2) is 9.84 Å². The Labute approximate surface area is 120 Å². The van der Waals surface area contributed by atoms with Crippen LogP contribution in [0.15, 0.2) is 37.2 Å². The number of pyridine rings is 1. The minimum Gasteiger partial charge on any atom is -0.342 e. The van der Waals surface area contributed by atoms with Crippen LogP contribution in [-0.4, -0.2) is 48.8 Å². The molecule has 20 heavy (non-hydrogen) atoms. The van der Waals surface area contributed by atoms with E-state index < -0.39 is 15.6 Å². The average Bonchev–Trinajstić information content (AvgIpc) is 2.39. The molecule has 1 aromatic heterocycles. The first-order valence-corrected chi connectivity index (χ1v) is 8.28. The third-order valence-corrected chi connectivity index (χ3v) is 4.30. The monoisotopic (exact) mass is 296 g/mol. The molecule has 0 aliphatic heterocycles. The number of amides is 1. The van der Waals surface area contributed by atoms with Crippen molar-refractivity contribution in [3.63, 3.8) is 0 Å². The van der Waals surface area contributed by atoms with Gasteiger partial charge in [0.2, 0.25) is 5.91 Å². The highest BCUT2D eigenvalue weighted by molar-refractivity contribution is 7.92.